The van der Waals surface area contributed by atoms with Gasteiger partial charge in [-0.15, -0.1) is 11.3 Å². The smallest absolute Gasteiger partial charge is 0.0701 e. The highest BCUT2D eigenvalue weighted by Gasteiger charge is 2.05. The zero-order chi connectivity index (χ0) is 13.1. The van der Waals surface area contributed by atoms with Crippen molar-refractivity contribution in [2.75, 3.05) is 11.9 Å². The molecule has 1 heterocycles. The van der Waals surface area contributed by atoms with Gasteiger partial charge >= 0.3 is 0 Å². The van der Waals surface area contributed by atoms with Gasteiger partial charge in [-0.05, 0) is 57.6 Å². The SMILES string of the molecule is C[C@@H](N)c1ccc(N(C)Cc2csc(Br)c2)cc1. The van der Waals surface area contributed by atoms with E-state index in [1.54, 1.807) is 11.3 Å². The molecule has 2 rings (SSSR count). The van der Waals surface area contributed by atoms with Gasteiger partial charge in [0.15, 0.2) is 0 Å². The minimum atomic E-state index is 0.0946. The quantitative estimate of drug-likeness (QED) is 0.914. The Bertz CT molecular complexity index is 505. The molecule has 0 aliphatic heterocycles. The maximum Gasteiger partial charge on any atom is 0.0701 e. The van der Waals surface area contributed by atoms with Gasteiger partial charge in [-0.1, -0.05) is 12.1 Å². The lowest BCUT2D eigenvalue weighted by Crippen LogP contribution is -2.16. The van der Waals surface area contributed by atoms with Gasteiger partial charge in [0.2, 0.25) is 0 Å². The number of nitrogens with two attached hydrogens (primary N) is 1. The largest absolute Gasteiger partial charge is 0.370 e. The van der Waals surface area contributed by atoms with E-state index in [4.69, 9.17) is 5.73 Å². The average Bonchev–Trinajstić information content (AvgIpc) is 2.75. The van der Waals surface area contributed by atoms with Gasteiger partial charge in [0, 0.05) is 25.3 Å². The van der Waals surface area contributed by atoms with Crippen LogP contribution in [0.2, 0.25) is 0 Å². The molecule has 0 spiro atoms. The van der Waals surface area contributed by atoms with Crippen molar-refractivity contribution in [2.24, 2.45) is 5.73 Å². The summed E-state index contributed by atoms with van der Waals surface area (Å²) in [5, 5.41) is 2.18. The highest BCUT2D eigenvalue weighted by Crippen LogP contribution is 2.24. The fourth-order valence-corrected chi connectivity index (χ4v) is 3.03. The third-order valence-corrected chi connectivity index (χ3v) is 4.45. The molecule has 0 bridgehead atoms. The average molecular weight is 325 g/mol. The summed E-state index contributed by atoms with van der Waals surface area (Å²) in [6, 6.07) is 10.7. The number of thiophene rings is 1. The van der Waals surface area contributed by atoms with E-state index >= 15 is 0 Å². The molecular formula is C14H17BrN2S. The number of benzene rings is 1. The molecule has 1 aromatic carbocycles. The first-order valence-corrected chi connectivity index (χ1v) is 7.53. The molecule has 1 atom stereocenters. The van der Waals surface area contributed by atoms with Crippen LogP contribution in [0.15, 0.2) is 39.5 Å². The molecule has 2 aromatic rings. The number of hydrogen-bond donors (Lipinski definition) is 1. The van der Waals surface area contributed by atoms with Crippen LogP contribution in [0.3, 0.4) is 0 Å². The van der Waals surface area contributed by atoms with Crippen LogP contribution in [0.4, 0.5) is 5.69 Å². The normalized spacial score (nSPS) is 12.4. The molecule has 0 radical (unpaired) electrons. The van der Waals surface area contributed by atoms with Gasteiger partial charge in [-0.3, -0.25) is 0 Å². The predicted molar refractivity (Wildman–Crippen MR) is 83.2 cm³/mol. The summed E-state index contributed by atoms with van der Waals surface area (Å²) in [6.07, 6.45) is 0. The van der Waals surface area contributed by atoms with Crippen LogP contribution < -0.4 is 10.6 Å². The predicted octanol–water partition coefficient (Wildman–Crippen LogP) is 4.17. The molecule has 2 nitrogen and oxygen atoms in total. The highest BCUT2D eigenvalue weighted by molar-refractivity contribution is 9.11. The molecule has 0 aliphatic rings. The zero-order valence-electron chi connectivity index (χ0n) is 10.6. The molecule has 0 fully saturated rings. The second kappa shape index (κ2) is 5.87. The zero-order valence-corrected chi connectivity index (χ0v) is 13.0. The molecule has 0 amide bonds. The Kier molecular flexibility index (Phi) is 4.43. The van der Waals surface area contributed by atoms with Crippen molar-refractivity contribution < 1.29 is 0 Å². The number of rotatable bonds is 4. The lowest BCUT2D eigenvalue weighted by atomic mass is 10.1. The second-order valence-electron chi connectivity index (χ2n) is 4.50. The summed E-state index contributed by atoms with van der Waals surface area (Å²) < 4.78 is 1.18. The van der Waals surface area contributed by atoms with Crippen molar-refractivity contribution in [3.63, 3.8) is 0 Å². The van der Waals surface area contributed by atoms with E-state index in [1.807, 2.05) is 6.92 Å². The van der Waals surface area contributed by atoms with Crippen molar-refractivity contribution in [1.82, 2.24) is 0 Å². The Balaban J connectivity index is 2.06. The molecule has 96 valence electrons. The topological polar surface area (TPSA) is 29.3 Å². The molecule has 2 N–H and O–H groups in total. The van der Waals surface area contributed by atoms with Crippen molar-refractivity contribution in [2.45, 2.75) is 19.5 Å². The maximum absolute atomic E-state index is 5.85. The standard InChI is InChI=1S/C14H17BrN2S/c1-10(16)12-3-5-13(6-4-12)17(2)8-11-7-14(15)18-9-11/h3-7,9-10H,8,16H2,1-2H3/t10-/m1/s1. The van der Waals surface area contributed by atoms with Gasteiger partial charge in [0.25, 0.3) is 0 Å². The molecule has 0 saturated heterocycles. The van der Waals surface area contributed by atoms with Crippen molar-refractivity contribution in [3.05, 3.63) is 50.6 Å². The Morgan fingerprint density at radius 1 is 1.33 bits per heavy atom. The Hall–Kier alpha value is -0.840. The van der Waals surface area contributed by atoms with Gasteiger partial charge < -0.3 is 10.6 Å². The van der Waals surface area contributed by atoms with Crippen molar-refractivity contribution in [1.29, 1.82) is 0 Å². The van der Waals surface area contributed by atoms with Gasteiger partial charge in [0.1, 0.15) is 0 Å². The Morgan fingerprint density at radius 3 is 2.50 bits per heavy atom. The van der Waals surface area contributed by atoms with E-state index in [0.29, 0.717) is 0 Å². The van der Waals surface area contributed by atoms with E-state index in [0.717, 1.165) is 6.54 Å². The van der Waals surface area contributed by atoms with Crippen LogP contribution in [0, 0.1) is 0 Å². The summed E-state index contributed by atoms with van der Waals surface area (Å²) in [5.74, 6) is 0. The van der Waals surface area contributed by atoms with E-state index < -0.39 is 0 Å². The van der Waals surface area contributed by atoms with E-state index in [1.165, 1.54) is 20.6 Å². The molecule has 0 aliphatic carbocycles. The fraction of sp³-hybridized carbons (Fsp3) is 0.286. The minimum absolute atomic E-state index is 0.0946. The van der Waals surface area contributed by atoms with Gasteiger partial charge in [0.05, 0.1) is 3.79 Å². The summed E-state index contributed by atoms with van der Waals surface area (Å²) in [6.45, 7) is 2.92. The molecule has 0 saturated carbocycles. The first-order valence-electron chi connectivity index (χ1n) is 5.86. The number of hydrogen-bond acceptors (Lipinski definition) is 3. The fourth-order valence-electron chi connectivity index (χ4n) is 1.83. The Labute approximate surface area is 121 Å². The second-order valence-corrected chi connectivity index (χ2v) is 6.79. The number of halogens is 1. The molecule has 1 aromatic heterocycles. The number of anilines is 1. The van der Waals surface area contributed by atoms with Crippen LogP contribution in [-0.4, -0.2) is 7.05 Å². The summed E-state index contributed by atoms with van der Waals surface area (Å²) in [5.41, 5.74) is 9.56. The third-order valence-electron chi connectivity index (χ3n) is 2.90. The van der Waals surface area contributed by atoms with E-state index in [-0.39, 0.29) is 6.04 Å². The van der Waals surface area contributed by atoms with Crippen LogP contribution in [0.1, 0.15) is 24.1 Å². The summed E-state index contributed by atoms with van der Waals surface area (Å²) in [7, 11) is 2.10. The van der Waals surface area contributed by atoms with Crippen LogP contribution in [0.5, 0.6) is 0 Å². The lowest BCUT2D eigenvalue weighted by Gasteiger charge is -2.19. The van der Waals surface area contributed by atoms with Gasteiger partial charge in [-0.2, -0.15) is 0 Å². The van der Waals surface area contributed by atoms with E-state index in [9.17, 15) is 0 Å². The van der Waals surface area contributed by atoms with Crippen LogP contribution in [0.25, 0.3) is 0 Å². The minimum Gasteiger partial charge on any atom is -0.370 e. The van der Waals surface area contributed by atoms with Crippen LogP contribution in [-0.2, 0) is 6.54 Å². The highest BCUT2D eigenvalue weighted by atomic mass is 79.9. The van der Waals surface area contributed by atoms with Gasteiger partial charge in [-0.25, -0.2) is 0 Å². The maximum atomic E-state index is 5.85. The van der Waals surface area contributed by atoms with E-state index in [2.05, 4.69) is 63.6 Å². The first kappa shape index (κ1) is 13.6. The van der Waals surface area contributed by atoms with Crippen molar-refractivity contribution >= 4 is 33.0 Å². The molecule has 4 heteroatoms. The number of nitrogens with zero attached hydrogens (tertiary/aromatic N) is 1. The Morgan fingerprint density at radius 2 is 2.00 bits per heavy atom. The summed E-state index contributed by atoms with van der Waals surface area (Å²) >= 11 is 5.21. The van der Waals surface area contributed by atoms with Crippen molar-refractivity contribution in [3.8, 4) is 0 Å². The lowest BCUT2D eigenvalue weighted by molar-refractivity contribution is 0.817. The molecule has 0 unspecified atom stereocenters. The van der Waals surface area contributed by atoms with Crippen LogP contribution >= 0.6 is 27.3 Å². The monoisotopic (exact) mass is 324 g/mol. The third kappa shape index (κ3) is 3.34. The first-order chi connectivity index (χ1) is 8.56. The molecule has 18 heavy (non-hydrogen) atoms. The summed E-state index contributed by atoms with van der Waals surface area (Å²) in [4.78, 5) is 2.24. The molecular weight excluding hydrogens is 308 g/mol.